The molecule has 4 rings (SSSR count). The number of hydrogen-bond donors (Lipinski definition) is 2. The normalized spacial score (nSPS) is 18.0. The van der Waals surface area contributed by atoms with Crippen LogP contribution in [0, 0.1) is 5.92 Å². The highest BCUT2D eigenvalue weighted by molar-refractivity contribution is 6.35. The summed E-state index contributed by atoms with van der Waals surface area (Å²) in [5.41, 5.74) is 2.52. The van der Waals surface area contributed by atoms with E-state index in [0.29, 0.717) is 59.0 Å². The summed E-state index contributed by atoms with van der Waals surface area (Å²) in [7, 11) is 1.56. The third-order valence-corrected chi connectivity index (χ3v) is 8.17. The minimum absolute atomic E-state index is 0.343. The first-order valence-corrected chi connectivity index (χ1v) is 16.0. The van der Waals surface area contributed by atoms with Crippen molar-refractivity contribution in [1.82, 2.24) is 25.0 Å². The number of carbonyl (C=O) groups is 1. The lowest BCUT2D eigenvalue weighted by molar-refractivity contribution is 0.0955. The van der Waals surface area contributed by atoms with Crippen molar-refractivity contribution in [1.29, 1.82) is 0 Å². The third kappa shape index (κ3) is 11.0. The molecule has 0 spiro atoms. The maximum atomic E-state index is 11.5. The maximum Gasteiger partial charge on any atom is 0.406 e. The Bertz CT molecular complexity index is 1350. The van der Waals surface area contributed by atoms with Gasteiger partial charge >= 0.3 is 6.09 Å². The average Bonchev–Trinajstić information content (AvgIpc) is 3.00. The number of rotatable bonds is 10. The highest BCUT2D eigenvalue weighted by Crippen LogP contribution is 2.30. The molecule has 1 aromatic carbocycles. The van der Waals surface area contributed by atoms with E-state index >= 15 is 0 Å². The van der Waals surface area contributed by atoms with E-state index in [4.69, 9.17) is 37.7 Å². The van der Waals surface area contributed by atoms with Gasteiger partial charge in [-0.25, -0.2) is 19.8 Å². The van der Waals surface area contributed by atoms with Crippen molar-refractivity contribution in [2.45, 2.75) is 39.3 Å². The number of aliphatic hydroxyl groups is 1. The number of piperazine rings is 1. The van der Waals surface area contributed by atoms with Gasteiger partial charge in [-0.1, -0.05) is 23.2 Å². The van der Waals surface area contributed by atoms with Crippen LogP contribution in [-0.4, -0.2) is 109 Å². The van der Waals surface area contributed by atoms with Gasteiger partial charge in [-0.05, 0) is 82.2 Å². The number of likely N-dealkylation sites (tertiary alicyclic amines) is 1. The van der Waals surface area contributed by atoms with Crippen molar-refractivity contribution >= 4 is 42.0 Å². The summed E-state index contributed by atoms with van der Waals surface area (Å²) in [6.07, 6.45) is 2.76. The van der Waals surface area contributed by atoms with E-state index < -0.39 is 6.09 Å². The van der Waals surface area contributed by atoms with E-state index in [1.54, 1.807) is 26.2 Å². The number of nitrogens with zero attached hydrogens (tertiary/aromatic N) is 6. The number of benzene rings is 1. The number of nitrogens with one attached hydrogen (secondary N) is 1. The van der Waals surface area contributed by atoms with E-state index in [-0.39, 0.29) is 6.10 Å². The Morgan fingerprint density at radius 3 is 2.42 bits per heavy atom. The molecule has 0 unspecified atom stereocenters. The van der Waals surface area contributed by atoms with Crippen LogP contribution in [0.5, 0.6) is 5.88 Å². The number of piperidine rings is 1. The number of aromatic nitrogens is 1. The average molecular weight is 661 g/mol. The first-order chi connectivity index (χ1) is 21.6. The van der Waals surface area contributed by atoms with Gasteiger partial charge in [-0.2, -0.15) is 0 Å². The summed E-state index contributed by atoms with van der Waals surface area (Å²) in [5, 5.41) is 13.2. The second-order valence-electron chi connectivity index (χ2n) is 11.5. The van der Waals surface area contributed by atoms with Gasteiger partial charge in [0.15, 0.2) is 0 Å². The fourth-order valence-electron chi connectivity index (χ4n) is 5.45. The Morgan fingerprint density at radius 1 is 1.11 bits per heavy atom. The number of pyridine rings is 1. The van der Waals surface area contributed by atoms with Gasteiger partial charge in [0.2, 0.25) is 11.8 Å². The smallest absolute Gasteiger partial charge is 0.406 e. The molecule has 1 atom stereocenters. The van der Waals surface area contributed by atoms with E-state index in [1.165, 1.54) is 0 Å². The Kier molecular flexibility index (Phi) is 13.0. The number of allylic oxidation sites excluding steroid dienone is 1. The predicted molar refractivity (Wildman–Crippen MR) is 179 cm³/mol. The highest BCUT2D eigenvalue weighted by atomic mass is 35.5. The zero-order valence-corrected chi connectivity index (χ0v) is 27.7. The van der Waals surface area contributed by atoms with E-state index in [1.807, 2.05) is 31.2 Å². The Labute approximate surface area is 275 Å². The summed E-state index contributed by atoms with van der Waals surface area (Å²) in [6, 6.07) is 9.32. The number of alkyl carbamates (subject to hydrolysis) is 1. The summed E-state index contributed by atoms with van der Waals surface area (Å²) in [4.78, 5) is 31.6. The molecular weight excluding hydrogens is 617 g/mol. The molecule has 0 saturated carbocycles. The van der Waals surface area contributed by atoms with Crippen molar-refractivity contribution in [3.8, 4) is 17.1 Å². The molecule has 2 N–H and O–H groups in total. The molecular formula is C32H43Cl2N7O4. The SMILES string of the molecule is C=N/C(=N\C=C(/C)Oc1cc(CN2CCC(COC(=O)NC)CC2)cc(-c2cc(Cl)cc(Cl)c2)n1)N1CCN(C[C@@H](C)O)CC1. The lowest BCUT2D eigenvalue weighted by Gasteiger charge is -2.35. The summed E-state index contributed by atoms with van der Waals surface area (Å²) in [5.74, 6) is 1.84. The van der Waals surface area contributed by atoms with Crippen LogP contribution in [0.3, 0.4) is 0 Å². The topological polar surface area (TPSA) is 115 Å². The minimum atomic E-state index is -0.394. The number of guanidine groups is 1. The van der Waals surface area contributed by atoms with E-state index in [2.05, 4.69) is 36.7 Å². The second kappa shape index (κ2) is 16.9. The Hall–Kier alpha value is -3.22. The van der Waals surface area contributed by atoms with Gasteiger partial charge < -0.3 is 24.8 Å². The van der Waals surface area contributed by atoms with Gasteiger partial charge in [0.05, 0.1) is 24.6 Å². The quantitative estimate of drug-likeness (QED) is 0.210. The largest absolute Gasteiger partial charge is 0.449 e. The van der Waals surface area contributed by atoms with E-state index in [9.17, 15) is 9.90 Å². The molecule has 0 aliphatic carbocycles. The lowest BCUT2D eigenvalue weighted by Crippen LogP contribution is -2.49. The third-order valence-electron chi connectivity index (χ3n) is 7.73. The lowest BCUT2D eigenvalue weighted by atomic mass is 9.97. The Balaban J connectivity index is 1.47. The fourth-order valence-corrected chi connectivity index (χ4v) is 5.98. The first kappa shape index (κ1) is 34.6. The number of aliphatic hydroxyl groups excluding tert-OH is 1. The van der Waals surface area contributed by atoms with Crippen LogP contribution >= 0.6 is 23.2 Å². The minimum Gasteiger partial charge on any atom is -0.449 e. The number of amides is 1. The van der Waals surface area contributed by atoms with Crippen LogP contribution in [0.1, 0.15) is 32.3 Å². The second-order valence-corrected chi connectivity index (χ2v) is 12.4. The molecule has 2 aromatic rings. The van der Waals surface area contributed by atoms with E-state index in [0.717, 1.165) is 63.2 Å². The molecule has 0 radical (unpaired) electrons. The summed E-state index contributed by atoms with van der Waals surface area (Å²) in [6.45, 7) is 14.0. The molecule has 2 aliphatic heterocycles. The fraction of sp³-hybridized carbons (Fsp3) is 0.500. The molecule has 2 saturated heterocycles. The number of β-amino-alcohol motifs (C(OH)–C–C–N with tert-alkyl or cyclic N) is 1. The van der Waals surface area contributed by atoms with Gasteiger partial charge in [0.1, 0.15) is 5.76 Å². The van der Waals surface area contributed by atoms with Crippen molar-refractivity contribution in [3.05, 3.63) is 57.9 Å². The van der Waals surface area contributed by atoms with Crippen LogP contribution in [0.4, 0.5) is 4.79 Å². The predicted octanol–water partition coefficient (Wildman–Crippen LogP) is 4.92. The Morgan fingerprint density at radius 2 is 1.80 bits per heavy atom. The zero-order valence-electron chi connectivity index (χ0n) is 26.2. The van der Waals surface area contributed by atoms with Crippen LogP contribution < -0.4 is 10.1 Å². The van der Waals surface area contributed by atoms with Gasteiger partial charge in [0, 0.05) is 68.0 Å². The summed E-state index contributed by atoms with van der Waals surface area (Å²) < 4.78 is 11.4. The molecule has 3 heterocycles. The molecule has 45 heavy (non-hydrogen) atoms. The molecule has 13 heteroatoms. The standard InChI is InChI=1S/C32H43Cl2N7O4/c1-22(42)19-40-9-11-41(12-10-40)31(35-3)37-18-23(2)45-30-14-25(13-29(38-30)26-15-27(33)17-28(34)16-26)20-39-7-5-24(6-8-39)21-44-32(43)36-4/h13-18,22,24,42H,3,5-12,19-21H2,1-2,4H3,(H,36,43)/b23-18+,37-31+/t22-/m1/s1. The molecule has 11 nitrogen and oxygen atoms in total. The summed E-state index contributed by atoms with van der Waals surface area (Å²) >= 11 is 12.6. The number of aliphatic imine (C=N–C) groups is 2. The van der Waals surface area contributed by atoms with Gasteiger partial charge in [0.25, 0.3) is 0 Å². The van der Waals surface area contributed by atoms with Crippen LogP contribution in [0.15, 0.2) is 52.3 Å². The highest BCUT2D eigenvalue weighted by Gasteiger charge is 2.22. The van der Waals surface area contributed by atoms with Crippen LogP contribution in [0.2, 0.25) is 10.0 Å². The number of carbonyl (C=O) groups excluding carboxylic acids is 1. The maximum absolute atomic E-state index is 11.5. The zero-order chi connectivity index (χ0) is 32.3. The monoisotopic (exact) mass is 659 g/mol. The molecule has 1 aromatic heterocycles. The van der Waals surface area contributed by atoms with Crippen LogP contribution in [-0.2, 0) is 11.3 Å². The van der Waals surface area contributed by atoms with Crippen molar-refractivity contribution in [2.75, 3.05) is 59.5 Å². The molecule has 244 valence electrons. The van der Waals surface area contributed by atoms with Gasteiger partial charge in [-0.15, -0.1) is 0 Å². The van der Waals surface area contributed by atoms with Crippen molar-refractivity contribution < 1.29 is 19.4 Å². The number of hydrogen-bond acceptors (Lipinski definition) is 8. The molecule has 2 aliphatic rings. The first-order valence-electron chi connectivity index (χ1n) is 15.2. The molecule has 2 fully saturated rings. The van der Waals surface area contributed by atoms with Gasteiger partial charge in [-0.3, -0.25) is 9.80 Å². The van der Waals surface area contributed by atoms with Crippen molar-refractivity contribution in [3.63, 3.8) is 0 Å². The number of ether oxygens (including phenoxy) is 2. The number of halogens is 2. The molecule has 1 amide bonds. The molecule has 0 bridgehead atoms. The van der Waals surface area contributed by atoms with Crippen molar-refractivity contribution in [2.24, 2.45) is 15.9 Å². The van der Waals surface area contributed by atoms with Crippen LogP contribution in [0.25, 0.3) is 11.3 Å².